The fourth-order valence-electron chi connectivity index (χ4n) is 4.35. The Morgan fingerprint density at radius 3 is 2.64 bits per heavy atom. The molecule has 6 nitrogen and oxygen atoms in total. The summed E-state index contributed by atoms with van der Waals surface area (Å²) in [6.07, 6.45) is 1.93. The molecule has 1 aromatic carbocycles. The van der Waals surface area contributed by atoms with Crippen LogP contribution >= 0.6 is 0 Å². The number of likely N-dealkylation sites (tertiary alicyclic amines) is 1. The number of rotatable bonds is 5. The van der Waals surface area contributed by atoms with Gasteiger partial charge in [-0.25, -0.2) is 0 Å². The van der Waals surface area contributed by atoms with E-state index in [1.807, 2.05) is 43.9 Å². The van der Waals surface area contributed by atoms with Crippen LogP contribution in [0.5, 0.6) is 5.75 Å². The highest BCUT2D eigenvalue weighted by molar-refractivity contribution is 5.94. The average Bonchev–Trinajstić information content (AvgIpc) is 2.63. The summed E-state index contributed by atoms with van der Waals surface area (Å²) < 4.78 is 17.5. The van der Waals surface area contributed by atoms with Crippen LogP contribution in [0.4, 0.5) is 0 Å². The Bertz CT molecular complexity index is 683. The van der Waals surface area contributed by atoms with Gasteiger partial charge in [0.1, 0.15) is 5.75 Å². The van der Waals surface area contributed by atoms with E-state index in [2.05, 4.69) is 11.9 Å². The molecule has 0 radical (unpaired) electrons. The molecule has 0 saturated carbocycles. The number of nitrogens with zero attached hydrogens (tertiary/aromatic N) is 2. The van der Waals surface area contributed by atoms with Gasteiger partial charge in [0.2, 0.25) is 0 Å². The zero-order valence-corrected chi connectivity index (χ0v) is 17.9. The molecule has 2 aliphatic heterocycles. The van der Waals surface area contributed by atoms with E-state index < -0.39 is 0 Å². The van der Waals surface area contributed by atoms with Gasteiger partial charge in [-0.15, -0.1) is 0 Å². The van der Waals surface area contributed by atoms with Crippen molar-refractivity contribution in [1.82, 2.24) is 9.80 Å². The van der Waals surface area contributed by atoms with Crippen LogP contribution in [-0.4, -0.2) is 80.5 Å². The number of morpholine rings is 1. The first-order valence-electron chi connectivity index (χ1n) is 10.2. The Morgan fingerprint density at radius 2 is 2.04 bits per heavy atom. The van der Waals surface area contributed by atoms with Crippen molar-refractivity contribution in [2.24, 2.45) is 0 Å². The SMILES string of the molecule is COCC1CN(C)CC2(CCN(C(=O)c3ccc(OC(C)C)c(C)c3)CC2)O1. The molecule has 2 fully saturated rings. The summed E-state index contributed by atoms with van der Waals surface area (Å²) in [6, 6.07) is 5.71. The third kappa shape index (κ3) is 4.85. The zero-order chi connectivity index (χ0) is 20.3. The van der Waals surface area contributed by atoms with Crippen LogP contribution in [-0.2, 0) is 9.47 Å². The van der Waals surface area contributed by atoms with Gasteiger partial charge in [0.05, 0.1) is 24.4 Å². The Hall–Kier alpha value is -1.63. The minimum Gasteiger partial charge on any atom is -0.491 e. The standard InChI is InChI=1S/C22H34N2O4/c1-16(2)27-20-7-6-18(12-17(20)3)21(25)24-10-8-22(9-11-24)15-23(4)13-19(28-22)14-26-5/h6-7,12,16,19H,8-11,13-15H2,1-5H3. The molecule has 3 rings (SSSR count). The van der Waals surface area contributed by atoms with Gasteiger partial charge >= 0.3 is 0 Å². The lowest BCUT2D eigenvalue weighted by Crippen LogP contribution is -2.60. The molecule has 1 unspecified atom stereocenters. The molecule has 2 heterocycles. The van der Waals surface area contributed by atoms with Gasteiger partial charge in [-0.1, -0.05) is 0 Å². The Kier molecular flexibility index (Phi) is 6.63. The number of benzene rings is 1. The molecule has 1 atom stereocenters. The summed E-state index contributed by atoms with van der Waals surface area (Å²) in [6.45, 7) is 9.84. The summed E-state index contributed by atoms with van der Waals surface area (Å²) in [5, 5.41) is 0. The predicted molar refractivity (Wildman–Crippen MR) is 109 cm³/mol. The van der Waals surface area contributed by atoms with E-state index in [4.69, 9.17) is 14.2 Å². The molecule has 2 saturated heterocycles. The zero-order valence-electron chi connectivity index (χ0n) is 17.9. The Morgan fingerprint density at radius 1 is 1.32 bits per heavy atom. The van der Waals surface area contributed by atoms with Crippen molar-refractivity contribution in [3.05, 3.63) is 29.3 Å². The minimum atomic E-state index is -0.169. The predicted octanol–water partition coefficient (Wildman–Crippen LogP) is 2.73. The third-order valence-electron chi connectivity index (χ3n) is 5.59. The largest absolute Gasteiger partial charge is 0.491 e. The van der Waals surface area contributed by atoms with Crippen LogP contribution < -0.4 is 4.74 Å². The number of piperidine rings is 1. The molecule has 6 heteroatoms. The van der Waals surface area contributed by atoms with E-state index in [0.717, 1.165) is 55.9 Å². The topological polar surface area (TPSA) is 51.2 Å². The van der Waals surface area contributed by atoms with Gasteiger partial charge in [-0.3, -0.25) is 4.79 Å². The van der Waals surface area contributed by atoms with Crippen LogP contribution in [0.2, 0.25) is 0 Å². The first-order valence-corrected chi connectivity index (χ1v) is 10.2. The highest BCUT2D eigenvalue weighted by Gasteiger charge is 2.42. The maximum Gasteiger partial charge on any atom is 0.253 e. The molecule has 1 amide bonds. The van der Waals surface area contributed by atoms with Crippen LogP contribution in [0.3, 0.4) is 0 Å². The quantitative estimate of drug-likeness (QED) is 0.774. The molecular weight excluding hydrogens is 356 g/mol. The summed E-state index contributed by atoms with van der Waals surface area (Å²) >= 11 is 0. The van der Waals surface area contributed by atoms with Crippen molar-refractivity contribution in [2.75, 3.05) is 46.9 Å². The first-order chi connectivity index (χ1) is 13.3. The second-order valence-corrected chi connectivity index (χ2v) is 8.51. The lowest BCUT2D eigenvalue weighted by molar-refractivity contribution is -0.181. The summed E-state index contributed by atoms with van der Waals surface area (Å²) in [5.41, 5.74) is 1.55. The second kappa shape index (κ2) is 8.80. The number of carbonyl (C=O) groups excluding carboxylic acids is 1. The number of hydrogen-bond donors (Lipinski definition) is 0. The first kappa shape index (κ1) is 21.1. The lowest BCUT2D eigenvalue weighted by Gasteiger charge is -2.49. The molecule has 156 valence electrons. The summed E-state index contributed by atoms with van der Waals surface area (Å²) in [4.78, 5) is 17.3. The van der Waals surface area contributed by atoms with Crippen molar-refractivity contribution in [3.8, 4) is 5.75 Å². The summed E-state index contributed by atoms with van der Waals surface area (Å²) in [5.74, 6) is 0.929. The molecular formula is C22H34N2O4. The maximum atomic E-state index is 13.0. The van der Waals surface area contributed by atoms with Crippen molar-refractivity contribution in [1.29, 1.82) is 0 Å². The van der Waals surface area contributed by atoms with Crippen LogP contribution in [0.1, 0.15) is 42.6 Å². The van der Waals surface area contributed by atoms with Crippen LogP contribution in [0, 0.1) is 6.92 Å². The lowest BCUT2D eigenvalue weighted by atomic mass is 9.88. The number of hydrogen-bond acceptors (Lipinski definition) is 5. The number of methoxy groups -OCH3 is 1. The number of carbonyl (C=O) groups is 1. The fraction of sp³-hybridized carbons (Fsp3) is 0.682. The van der Waals surface area contributed by atoms with E-state index in [-0.39, 0.29) is 23.7 Å². The number of amides is 1. The Balaban J connectivity index is 1.63. The van der Waals surface area contributed by atoms with E-state index in [1.54, 1.807) is 7.11 Å². The van der Waals surface area contributed by atoms with Crippen molar-refractivity contribution < 1.29 is 19.0 Å². The van der Waals surface area contributed by atoms with Crippen LogP contribution in [0.25, 0.3) is 0 Å². The number of ether oxygens (including phenoxy) is 3. The highest BCUT2D eigenvalue weighted by atomic mass is 16.5. The van der Waals surface area contributed by atoms with Crippen molar-refractivity contribution in [2.45, 2.75) is 51.4 Å². The molecule has 1 aromatic rings. The van der Waals surface area contributed by atoms with E-state index in [0.29, 0.717) is 6.61 Å². The van der Waals surface area contributed by atoms with E-state index >= 15 is 0 Å². The third-order valence-corrected chi connectivity index (χ3v) is 5.59. The smallest absolute Gasteiger partial charge is 0.253 e. The molecule has 0 aliphatic carbocycles. The van der Waals surface area contributed by atoms with Gasteiger partial charge in [-0.2, -0.15) is 0 Å². The van der Waals surface area contributed by atoms with Gasteiger partial charge in [-0.05, 0) is 64.4 Å². The fourth-order valence-corrected chi connectivity index (χ4v) is 4.35. The maximum absolute atomic E-state index is 13.0. The van der Waals surface area contributed by atoms with Crippen molar-refractivity contribution >= 4 is 5.91 Å². The Labute approximate surface area is 168 Å². The molecule has 1 spiro atoms. The number of aryl methyl sites for hydroxylation is 1. The summed E-state index contributed by atoms with van der Waals surface area (Å²) in [7, 11) is 3.85. The van der Waals surface area contributed by atoms with E-state index in [1.165, 1.54) is 0 Å². The monoisotopic (exact) mass is 390 g/mol. The second-order valence-electron chi connectivity index (χ2n) is 8.51. The van der Waals surface area contributed by atoms with Gasteiger partial charge < -0.3 is 24.0 Å². The van der Waals surface area contributed by atoms with Crippen molar-refractivity contribution in [3.63, 3.8) is 0 Å². The number of likely N-dealkylation sites (N-methyl/N-ethyl adjacent to an activating group) is 1. The minimum absolute atomic E-state index is 0.0895. The highest BCUT2D eigenvalue weighted by Crippen LogP contribution is 2.33. The molecule has 28 heavy (non-hydrogen) atoms. The van der Waals surface area contributed by atoms with Gasteiger partial charge in [0.15, 0.2) is 0 Å². The molecule has 0 N–H and O–H groups in total. The van der Waals surface area contributed by atoms with Gasteiger partial charge in [0.25, 0.3) is 5.91 Å². The molecule has 0 aromatic heterocycles. The molecule has 2 aliphatic rings. The van der Waals surface area contributed by atoms with Gasteiger partial charge in [0, 0.05) is 38.9 Å². The molecule has 0 bridgehead atoms. The average molecular weight is 391 g/mol. The van der Waals surface area contributed by atoms with E-state index in [9.17, 15) is 4.79 Å². The van der Waals surface area contributed by atoms with Crippen LogP contribution in [0.15, 0.2) is 18.2 Å². The normalized spacial score (nSPS) is 22.6.